The van der Waals surface area contributed by atoms with Gasteiger partial charge in [-0.1, -0.05) is 0 Å². The molecule has 0 atom stereocenters. The zero-order valence-corrected chi connectivity index (χ0v) is 11.4. The van der Waals surface area contributed by atoms with Crippen molar-refractivity contribution in [2.24, 2.45) is 5.73 Å². The van der Waals surface area contributed by atoms with E-state index < -0.39 is 11.7 Å². The molecule has 2 rings (SSSR count). The minimum Gasteiger partial charge on any atom is -0.335 e. The fourth-order valence-electron chi connectivity index (χ4n) is 2.21. The molecule has 1 aliphatic rings. The topological polar surface area (TPSA) is 62.5 Å². The smallest absolute Gasteiger partial charge is 0.335 e. The van der Waals surface area contributed by atoms with Gasteiger partial charge >= 0.3 is 6.18 Å². The van der Waals surface area contributed by atoms with Gasteiger partial charge in [0.05, 0.1) is 5.56 Å². The summed E-state index contributed by atoms with van der Waals surface area (Å²) in [5, 5.41) is 0. The summed E-state index contributed by atoms with van der Waals surface area (Å²) in [6.45, 7) is 3.82. The molecule has 8 heteroatoms. The SMILES string of the molecule is NCCN1CCN(C(=O)c2ccc(C(F)(F)F)cn2)CC1. The van der Waals surface area contributed by atoms with Gasteiger partial charge in [0.1, 0.15) is 5.69 Å². The Morgan fingerprint density at radius 2 is 1.90 bits per heavy atom. The lowest BCUT2D eigenvalue weighted by atomic mass is 10.2. The summed E-state index contributed by atoms with van der Waals surface area (Å²) in [5.41, 5.74) is 4.65. The molecule has 0 bridgehead atoms. The number of carbonyl (C=O) groups is 1. The summed E-state index contributed by atoms with van der Waals surface area (Å²) in [7, 11) is 0. The van der Waals surface area contributed by atoms with Gasteiger partial charge in [-0.05, 0) is 12.1 Å². The maximum absolute atomic E-state index is 12.4. The van der Waals surface area contributed by atoms with Crippen LogP contribution in [0.15, 0.2) is 18.3 Å². The number of halogens is 3. The number of amides is 1. The van der Waals surface area contributed by atoms with E-state index in [2.05, 4.69) is 9.88 Å². The molecule has 5 nitrogen and oxygen atoms in total. The summed E-state index contributed by atoms with van der Waals surface area (Å²) in [5.74, 6) is -0.337. The Morgan fingerprint density at radius 3 is 2.38 bits per heavy atom. The third kappa shape index (κ3) is 3.92. The van der Waals surface area contributed by atoms with Gasteiger partial charge in [-0.3, -0.25) is 14.7 Å². The van der Waals surface area contributed by atoms with Crippen molar-refractivity contribution in [3.05, 3.63) is 29.6 Å². The summed E-state index contributed by atoms with van der Waals surface area (Å²) in [6, 6.07) is 2.00. The fourth-order valence-corrected chi connectivity index (χ4v) is 2.21. The average molecular weight is 302 g/mol. The molecule has 0 aliphatic carbocycles. The predicted octanol–water partition coefficient (Wildman–Crippen LogP) is 0.817. The number of nitrogens with zero attached hydrogens (tertiary/aromatic N) is 3. The molecule has 1 saturated heterocycles. The summed E-state index contributed by atoms with van der Waals surface area (Å²) < 4.78 is 37.3. The summed E-state index contributed by atoms with van der Waals surface area (Å²) in [4.78, 5) is 19.5. The zero-order chi connectivity index (χ0) is 15.5. The van der Waals surface area contributed by atoms with Gasteiger partial charge in [0.15, 0.2) is 0 Å². The minimum absolute atomic E-state index is 0.0373. The first-order valence-electron chi connectivity index (χ1n) is 6.67. The lowest BCUT2D eigenvalue weighted by molar-refractivity contribution is -0.137. The van der Waals surface area contributed by atoms with Crippen molar-refractivity contribution in [1.82, 2.24) is 14.8 Å². The van der Waals surface area contributed by atoms with Crippen molar-refractivity contribution in [3.63, 3.8) is 0 Å². The first-order chi connectivity index (χ1) is 9.91. The van der Waals surface area contributed by atoms with Crippen LogP contribution in [0.3, 0.4) is 0 Å². The largest absolute Gasteiger partial charge is 0.417 e. The quantitative estimate of drug-likeness (QED) is 0.898. The third-order valence-electron chi connectivity index (χ3n) is 3.41. The van der Waals surface area contributed by atoms with Gasteiger partial charge in [-0.15, -0.1) is 0 Å². The maximum atomic E-state index is 12.4. The second kappa shape index (κ2) is 6.40. The molecule has 21 heavy (non-hydrogen) atoms. The van der Waals surface area contributed by atoms with Gasteiger partial charge in [-0.2, -0.15) is 13.2 Å². The van der Waals surface area contributed by atoms with Crippen molar-refractivity contribution in [1.29, 1.82) is 0 Å². The molecule has 1 aromatic heterocycles. The third-order valence-corrected chi connectivity index (χ3v) is 3.41. The number of alkyl halides is 3. The van der Waals surface area contributed by atoms with Crippen molar-refractivity contribution in [2.45, 2.75) is 6.18 Å². The van der Waals surface area contributed by atoms with Crippen LogP contribution >= 0.6 is 0 Å². The number of hydrogen-bond donors (Lipinski definition) is 1. The number of aromatic nitrogens is 1. The van der Waals surface area contributed by atoms with Gasteiger partial charge in [0, 0.05) is 45.5 Å². The van der Waals surface area contributed by atoms with E-state index in [1.807, 2.05) is 0 Å². The van der Waals surface area contributed by atoms with E-state index in [-0.39, 0.29) is 11.6 Å². The number of hydrogen-bond acceptors (Lipinski definition) is 4. The van der Waals surface area contributed by atoms with Crippen LogP contribution in [-0.2, 0) is 6.18 Å². The molecule has 0 saturated carbocycles. The van der Waals surface area contributed by atoms with Crippen LogP contribution in [0.2, 0.25) is 0 Å². The van der Waals surface area contributed by atoms with Crippen LogP contribution in [0.1, 0.15) is 16.1 Å². The highest BCUT2D eigenvalue weighted by atomic mass is 19.4. The molecule has 1 aliphatic heterocycles. The summed E-state index contributed by atoms with van der Waals surface area (Å²) in [6.07, 6.45) is -3.75. The van der Waals surface area contributed by atoms with E-state index in [9.17, 15) is 18.0 Å². The monoisotopic (exact) mass is 302 g/mol. The van der Waals surface area contributed by atoms with Gasteiger partial charge in [0.25, 0.3) is 5.91 Å². The molecule has 0 spiro atoms. The number of piperazine rings is 1. The van der Waals surface area contributed by atoms with Crippen LogP contribution < -0.4 is 5.73 Å². The van der Waals surface area contributed by atoms with E-state index in [4.69, 9.17) is 5.73 Å². The number of rotatable bonds is 3. The molecule has 0 unspecified atom stereocenters. The Balaban J connectivity index is 1.98. The van der Waals surface area contributed by atoms with Gasteiger partial charge in [-0.25, -0.2) is 0 Å². The van der Waals surface area contributed by atoms with Gasteiger partial charge in [0.2, 0.25) is 0 Å². The molecule has 116 valence electrons. The Labute approximate surface area is 120 Å². The van der Waals surface area contributed by atoms with Crippen molar-refractivity contribution in [3.8, 4) is 0 Å². The second-order valence-electron chi connectivity index (χ2n) is 4.85. The van der Waals surface area contributed by atoms with E-state index >= 15 is 0 Å². The lowest BCUT2D eigenvalue weighted by Crippen LogP contribution is -2.49. The molecule has 2 heterocycles. The Morgan fingerprint density at radius 1 is 1.24 bits per heavy atom. The molecule has 1 fully saturated rings. The van der Waals surface area contributed by atoms with E-state index in [0.717, 1.165) is 18.7 Å². The van der Waals surface area contributed by atoms with Crippen molar-refractivity contribution in [2.75, 3.05) is 39.3 Å². The first kappa shape index (κ1) is 15.7. The van der Waals surface area contributed by atoms with Crippen LogP contribution in [0.5, 0.6) is 0 Å². The lowest BCUT2D eigenvalue weighted by Gasteiger charge is -2.34. The second-order valence-corrected chi connectivity index (χ2v) is 4.85. The Hall–Kier alpha value is -1.67. The molecular formula is C13H17F3N4O. The minimum atomic E-state index is -4.44. The highest BCUT2D eigenvalue weighted by molar-refractivity contribution is 5.92. The molecule has 1 aromatic rings. The predicted molar refractivity (Wildman–Crippen MR) is 70.6 cm³/mol. The number of pyridine rings is 1. The zero-order valence-electron chi connectivity index (χ0n) is 11.4. The summed E-state index contributed by atoms with van der Waals surface area (Å²) >= 11 is 0. The van der Waals surface area contributed by atoms with E-state index in [0.29, 0.717) is 38.9 Å². The normalized spacial score (nSPS) is 17.0. The Bertz CT molecular complexity index is 481. The van der Waals surface area contributed by atoms with E-state index in [1.165, 1.54) is 0 Å². The maximum Gasteiger partial charge on any atom is 0.417 e. The number of nitrogens with two attached hydrogens (primary N) is 1. The van der Waals surface area contributed by atoms with Crippen LogP contribution in [0.4, 0.5) is 13.2 Å². The molecule has 2 N–H and O–H groups in total. The van der Waals surface area contributed by atoms with E-state index in [1.54, 1.807) is 4.90 Å². The highest BCUT2D eigenvalue weighted by Gasteiger charge is 2.31. The average Bonchev–Trinajstić information content (AvgIpc) is 2.47. The molecule has 0 radical (unpaired) electrons. The van der Waals surface area contributed by atoms with Crippen LogP contribution in [0, 0.1) is 0 Å². The van der Waals surface area contributed by atoms with Gasteiger partial charge < -0.3 is 10.6 Å². The van der Waals surface area contributed by atoms with Crippen molar-refractivity contribution >= 4 is 5.91 Å². The van der Waals surface area contributed by atoms with Crippen molar-refractivity contribution < 1.29 is 18.0 Å². The Kier molecular flexibility index (Phi) is 4.79. The highest BCUT2D eigenvalue weighted by Crippen LogP contribution is 2.28. The molecule has 0 aromatic carbocycles. The molecule has 1 amide bonds. The standard InChI is InChI=1S/C13H17F3N4O/c14-13(15,16)10-1-2-11(18-9-10)12(21)20-7-5-19(4-3-17)6-8-20/h1-2,9H,3-8,17H2. The first-order valence-corrected chi connectivity index (χ1v) is 6.67. The number of carbonyl (C=O) groups excluding carboxylic acids is 1. The fraction of sp³-hybridized carbons (Fsp3) is 0.538. The van der Waals surface area contributed by atoms with Crippen LogP contribution in [0.25, 0.3) is 0 Å². The molecular weight excluding hydrogens is 285 g/mol. The van der Waals surface area contributed by atoms with Crippen LogP contribution in [-0.4, -0.2) is 60.0 Å².